The molecule has 62 heavy (non-hydrogen) atoms. The van der Waals surface area contributed by atoms with Gasteiger partial charge in [0.05, 0.1) is 16.7 Å². The van der Waals surface area contributed by atoms with Crippen LogP contribution in [0.25, 0.3) is 93.2 Å². The first-order chi connectivity index (χ1) is 30.8. The highest BCUT2D eigenvalue weighted by Gasteiger charge is 2.22. The third-order valence-electron chi connectivity index (χ3n) is 12.5. The first kappa shape index (κ1) is 35.7. The summed E-state index contributed by atoms with van der Waals surface area (Å²) in [5, 5.41) is 9.87. The maximum Gasteiger partial charge on any atom is 0.0560 e. The van der Waals surface area contributed by atoms with E-state index in [0.29, 0.717) is 0 Å². The van der Waals surface area contributed by atoms with Crippen molar-refractivity contribution in [1.82, 2.24) is 4.57 Å². The number of hydrogen-bond acceptors (Lipinski definition) is 1. The van der Waals surface area contributed by atoms with E-state index in [1.54, 1.807) is 0 Å². The zero-order valence-corrected chi connectivity index (χ0v) is 34.0. The van der Waals surface area contributed by atoms with Crippen LogP contribution < -0.4 is 4.90 Å². The minimum Gasteiger partial charge on any atom is -0.310 e. The van der Waals surface area contributed by atoms with Gasteiger partial charge in [0.15, 0.2) is 0 Å². The summed E-state index contributed by atoms with van der Waals surface area (Å²) >= 11 is 0. The predicted molar refractivity (Wildman–Crippen MR) is 264 cm³/mol. The van der Waals surface area contributed by atoms with Crippen LogP contribution in [0.3, 0.4) is 0 Å². The minimum atomic E-state index is 1.09. The van der Waals surface area contributed by atoms with Crippen molar-refractivity contribution >= 4 is 71.2 Å². The molecule has 2 nitrogen and oxygen atoms in total. The predicted octanol–water partition coefficient (Wildman–Crippen LogP) is 16.7. The Morgan fingerprint density at radius 1 is 0.290 bits per heavy atom. The van der Waals surface area contributed by atoms with Gasteiger partial charge < -0.3 is 9.47 Å². The fraction of sp³-hybridized carbons (Fsp3) is 0. The fourth-order valence-electron chi connectivity index (χ4n) is 9.68. The molecule has 0 fully saturated rings. The first-order valence-electron chi connectivity index (χ1n) is 21.3. The summed E-state index contributed by atoms with van der Waals surface area (Å²) in [7, 11) is 0. The molecular formula is C60H40N2. The lowest BCUT2D eigenvalue weighted by Gasteiger charge is -2.28. The Kier molecular flexibility index (Phi) is 8.53. The molecule has 0 aliphatic rings. The summed E-state index contributed by atoms with van der Waals surface area (Å²) in [5.74, 6) is 0. The average Bonchev–Trinajstić information content (AvgIpc) is 3.69. The number of hydrogen-bond donors (Lipinski definition) is 0. The third kappa shape index (κ3) is 5.96. The van der Waals surface area contributed by atoms with Crippen molar-refractivity contribution in [2.24, 2.45) is 0 Å². The number of fused-ring (bicyclic) bond motifs is 7. The lowest BCUT2D eigenvalue weighted by Crippen LogP contribution is -2.11. The molecule has 0 aliphatic carbocycles. The molecule has 0 bridgehead atoms. The van der Waals surface area contributed by atoms with Crippen LogP contribution in [-0.2, 0) is 0 Å². The van der Waals surface area contributed by atoms with Crippen LogP contribution in [0, 0.1) is 0 Å². The van der Waals surface area contributed by atoms with Crippen LogP contribution in [-0.4, -0.2) is 4.57 Å². The molecule has 0 unspecified atom stereocenters. The van der Waals surface area contributed by atoms with Crippen LogP contribution in [0.5, 0.6) is 0 Å². The van der Waals surface area contributed by atoms with Crippen LogP contribution in [0.15, 0.2) is 243 Å². The highest BCUT2D eigenvalue weighted by Crippen LogP contribution is 2.46. The fourth-order valence-corrected chi connectivity index (χ4v) is 9.68. The quantitative estimate of drug-likeness (QED) is 0.156. The van der Waals surface area contributed by atoms with Crippen molar-refractivity contribution in [2.45, 2.75) is 0 Å². The van der Waals surface area contributed by atoms with Crippen molar-refractivity contribution < 1.29 is 0 Å². The Morgan fingerprint density at radius 2 is 0.806 bits per heavy atom. The smallest absolute Gasteiger partial charge is 0.0560 e. The second-order valence-corrected chi connectivity index (χ2v) is 16.1. The second kappa shape index (κ2) is 14.8. The van der Waals surface area contributed by atoms with Gasteiger partial charge in [-0.25, -0.2) is 0 Å². The van der Waals surface area contributed by atoms with Gasteiger partial charge in [0.2, 0.25) is 0 Å². The SMILES string of the molecule is c1ccc(-c2ccc(N(c3ccc(-c4ccccc4)cc3)c3cc(-n4c5ccccc5c5c6c(-c7cccc8ccccc78)cccc6ccc54)cc4ccccc34)cc2)cc1. The van der Waals surface area contributed by atoms with Crippen LogP contribution in [0.1, 0.15) is 0 Å². The van der Waals surface area contributed by atoms with Gasteiger partial charge in [-0.1, -0.05) is 194 Å². The van der Waals surface area contributed by atoms with Gasteiger partial charge in [-0.3, -0.25) is 0 Å². The number of anilines is 3. The van der Waals surface area contributed by atoms with Crippen molar-refractivity contribution in [3.63, 3.8) is 0 Å². The highest BCUT2D eigenvalue weighted by atomic mass is 15.1. The molecular weight excluding hydrogens is 749 g/mol. The summed E-state index contributed by atoms with van der Waals surface area (Å²) in [6.07, 6.45) is 0. The molecule has 12 aromatic rings. The number of benzene rings is 11. The zero-order chi connectivity index (χ0) is 41.0. The van der Waals surface area contributed by atoms with Gasteiger partial charge in [0.25, 0.3) is 0 Å². The van der Waals surface area contributed by atoms with Gasteiger partial charge in [-0.05, 0) is 109 Å². The summed E-state index contributed by atoms with van der Waals surface area (Å²) in [4.78, 5) is 2.43. The molecule has 0 atom stereocenters. The Bertz CT molecular complexity index is 3520. The van der Waals surface area contributed by atoms with Gasteiger partial charge in [0.1, 0.15) is 0 Å². The summed E-state index contributed by atoms with van der Waals surface area (Å²) in [6.45, 7) is 0. The van der Waals surface area contributed by atoms with E-state index in [1.165, 1.54) is 87.5 Å². The molecule has 11 aromatic carbocycles. The highest BCUT2D eigenvalue weighted by molar-refractivity contribution is 6.26. The third-order valence-corrected chi connectivity index (χ3v) is 12.5. The van der Waals surface area contributed by atoms with E-state index in [2.05, 4.69) is 252 Å². The van der Waals surface area contributed by atoms with E-state index < -0.39 is 0 Å². The van der Waals surface area contributed by atoms with Crippen molar-refractivity contribution in [3.05, 3.63) is 243 Å². The number of aromatic nitrogens is 1. The molecule has 1 heterocycles. The van der Waals surface area contributed by atoms with Crippen LogP contribution in [0.2, 0.25) is 0 Å². The summed E-state index contributed by atoms with van der Waals surface area (Å²) < 4.78 is 2.48. The average molecular weight is 789 g/mol. The molecule has 290 valence electrons. The number of para-hydroxylation sites is 1. The van der Waals surface area contributed by atoms with Crippen LogP contribution in [0.4, 0.5) is 17.1 Å². The Hall–Kier alpha value is -8.20. The lowest BCUT2D eigenvalue weighted by atomic mass is 9.92. The van der Waals surface area contributed by atoms with E-state index >= 15 is 0 Å². The topological polar surface area (TPSA) is 8.17 Å². The standard InChI is InChI=1S/C60H40N2/c1-3-15-41(16-4-1)43-29-34-48(35-30-43)61(49-36-31-44(32-37-49)42-17-5-2-6-18-42)58-40-50(39-47-20-8-10-24-52(47)58)62-56-28-12-11-25-55(56)60-57(62)38-33-46-22-14-27-54(59(46)60)53-26-13-21-45-19-7-9-23-51(45)53/h1-40H. The zero-order valence-electron chi connectivity index (χ0n) is 34.0. The monoisotopic (exact) mass is 788 g/mol. The molecule has 0 aliphatic heterocycles. The molecule has 2 heteroatoms. The molecule has 0 spiro atoms. The van der Waals surface area contributed by atoms with Crippen molar-refractivity contribution in [2.75, 3.05) is 4.90 Å². The van der Waals surface area contributed by atoms with Gasteiger partial charge >= 0.3 is 0 Å². The van der Waals surface area contributed by atoms with Crippen LogP contribution >= 0.6 is 0 Å². The Labute approximate surface area is 360 Å². The van der Waals surface area contributed by atoms with E-state index in [4.69, 9.17) is 0 Å². The molecule has 0 amide bonds. The second-order valence-electron chi connectivity index (χ2n) is 16.1. The van der Waals surface area contributed by atoms with E-state index in [9.17, 15) is 0 Å². The lowest BCUT2D eigenvalue weighted by molar-refractivity contribution is 1.18. The van der Waals surface area contributed by atoms with Gasteiger partial charge in [0, 0.05) is 33.2 Å². The molecule has 0 N–H and O–H groups in total. The molecule has 0 saturated heterocycles. The van der Waals surface area contributed by atoms with Gasteiger partial charge in [-0.15, -0.1) is 0 Å². The Morgan fingerprint density at radius 3 is 1.48 bits per heavy atom. The molecule has 0 radical (unpaired) electrons. The maximum atomic E-state index is 2.48. The normalized spacial score (nSPS) is 11.5. The molecule has 1 aromatic heterocycles. The molecule has 12 rings (SSSR count). The van der Waals surface area contributed by atoms with E-state index in [-0.39, 0.29) is 0 Å². The summed E-state index contributed by atoms with van der Waals surface area (Å²) in [5.41, 5.74) is 14.0. The minimum absolute atomic E-state index is 1.09. The first-order valence-corrected chi connectivity index (χ1v) is 21.3. The number of rotatable bonds is 7. The Balaban J connectivity index is 1.11. The number of nitrogens with zero attached hydrogens (tertiary/aromatic N) is 2. The van der Waals surface area contributed by atoms with Crippen molar-refractivity contribution in [1.29, 1.82) is 0 Å². The maximum absolute atomic E-state index is 2.48. The molecule has 0 saturated carbocycles. The van der Waals surface area contributed by atoms with Gasteiger partial charge in [-0.2, -0.15) is 0 Å². The largest absolute Gasteiger partial charge is 0.310 e. The van der Waals surface area contributed by atoms with E-state index in [1.807, 2.05) is 0 Å². The van der Waals surface area contributed by atoms with Crippen molar-refractivity contribution in [3.8, 4) is 39.1 Å². The van der Waals surface area contributed by atoms with E-state index in [0.717, 1.165) is 22.7 Å². The summed E-state index contributed by atoms with van der Waals surface area (Å²) in [6, 6.07) is 88.5.